The van der Waals surface area contributed by atoms with Crippen LogP contribution in [0.15, 0.2) is 85.1 Å². The Bertz CT molecular complexity index is 974. The molecule has 0 saturated carbocycles. The molecule has 0 N–H and O–H groups in total. The van der Waals surface area contributed by atoms with Gasteiger partial charge in [-0.25, -0.2) is 0 Å². The molecule has 0 spiro atoms. The van der Waals surface area contributed by atoms with Gasteiger partial charge in [-0.2, -0.15) is 0 Å². The van der Waals surface area contributed by atoms with Crippen LogP contribution in [-0.4, -0.2) is 4.57 Å². The van der Waals surface area contributed by atoms with Crippen LogP contribution in [-0.2, 0) is 13.2 Å². The molecule has 4 rings (SSSR count). The number of aromatic nitrogens is 1. The lowest BCUT2D eigenvalue weighted by molar-refractivity contribution is 0.306. The van der Waals surface area contributed by atoms with E-state index >= 15 is 0 Å². The summed E-state index contributed by atoms with van der Waals surface area (Å²) in [7, 11) is 0. The zero-order valence-corrected chi connectivity index (χ0v) is 14.5. The van der Waals surface area contributed by atoms with Crippen LogP contribution in [0.2, 0.25) is 5.02 Å². The van der Waals surface area contributed by atoms with Gasteiger partial charge in [0, 0.05) is 28.7 Å². The van der Waals surface area contributed by atoms with Crippen molar-refractivity contribution in [2.75, 3.05) is 0 Å². The SMILES string of the molecule is Clc1ccc(Cn2ccc3cc(OCc4ccccc4)ccc32)cc1. The maximum atomic E-state index is 5.96. The third-order valence-corrected chi connectivity index (χ3v) is 4.51. The Kier molecular flexibility index (Phi) is 4.45. The first-order valence-corrected chi connectivity index (χ1v) is 8.66. The number of halogens is 1. The summed E-state index contributed by atoms with van der Waals surface area (Å²) < 4.78 is 8.15. The molecular formula is C22H18ClNO. The molecule has 0 unspecified atom stereocenters. The predicted molar refractivity (Wildman–Crippen MR) is 103 cm³/mol. The van der Waals surface area contributed by atoms with E-state index in [0.29, 0.717) is 6.61 Å². The van der Waals surface area contributed by atoms with Gasteiger partial charge in [-0.1, -0.05) is 54.1 Å². The van der Waals surface area contributed by atoms with Gasteiger partial charge in [0.2, 0.25) is 0 Å². The van der Waals surface area contributed by atoms with Gasteiger partial charge in [-0.15, -0.1) is 0 Å². The molecule has 25 heavy (non-hydrogen) atoms. The third-order valence-electron chi connectivity index (χ3n) is 4.26. The fraction of sp³-hybridized carbons (Fsp3) is 0.0909. The van der Waals surface area contributed by atoms with Crippen LogP contribution in [0.3, 0.4) is 0 Å². The van der Waals surface area contributed by atoms with E-state index in [4.69, 9.17) is 16.3 Å². The van der Waals surface area contributed by atoms with E-state index in [1.165, 1.54) is 22.0 Å². The Balaban J connectivity index is 1.51. The maximum absolute atomic E-state index is 5.96. The Morgan fingerprint density at radius 3 is 2.40 bits per heavy atom. The largest absolute Gasteiger partial charge is 0.489 e. The maximum Gasteiger partial charge on any atom is 0.120 e. The van der Waals surface area contributed by atoms with E-state index in [-0.39, 0.29) is 0 Å². The monoisotopic (exact) mass is 347 g/mol. The molecule has 1 heterocycles. The van der Waals surface area contributed by atoms with Gasteiger partial charge in [0.15, 0.2) is 0 Å². The average molecular weight is 348 g/mol. The lowest BCUT2D eigenvalue weighted by atomic mass is 10.2. The molecule has 0 atom stereocenters. The number of ether oxygens (including phenoxy) is 1. The summed E-state index contributed by atoms with van der Waals surface area (Å²) in [5.74, 6) is 0.889. The Hall–Kier alpha value is -2.71. The predicted octanol–water partition coefficient (Wildman–Crippen LogP) is 5.92. The molecule has 3 aromatic carbocycles. The molecule has 0 saturated heterocycles. The molecule has 124 valence electrons. The highest BCUT2D eigenvalue weighted by Gasteiger charge is 2.04. The number of benzene rings is 3. The highest BCUT2D eigenvalue weighted by molar-refractivity contribution is 6.30. The summed E-state index contributed by atoms with van der Waals surface area (Å²) in [6.45, 7) is 1.41. The smallest absolute Gasteiger partial charge is 0.120 e. The van der Waals surface area contributed by atoms with Crippen LogP contribution in [0.1, 0.15) is 11.1 Å². The topological polar surface area (TPSA) is 14.2 Å². The minimum Gasteiger partial charge on any atom is -0.489 e. The normalized spacial score (nSPS) is 10.9. The molecule has 2 nitrogen and oxygen atoms in total. The first-order chi connectivity index (χ1) is 12.3. The van der Waals surface area contributed by atoms with E-state index in [1.54, 1.807) is 0 Å². The number of rotatable bonds is 5. The van der Waals surface area contributed by atoms with Crippen molar-refractivity contribution in [3.05, 3.63) is 101 Å². The molecule has 3 heteroatoms. The lowest BCUT2D eigenvalue weighted by Crippen LogP contribution is -1.98. The van der Waals surface area contributed by atoms with Crippen molar-refractivity contribution in [3.8, 4) is 5.75 Å². The second-order valence-corrected chi connectivity index (χ2v) is 6.50. The number of nitrogens with zero attached hydrogens (tertiary/aromatic N) is 1. The Morgan fingerprint density at radius 1 is 0.800 bits per heavy atom. The summed E-state index contributed by atoms with van der Waals surface area (Å²) in [4.78, 5) is 0. The van der Waals surface area contributed by atoms with Crippen LogP contribution in [0, 0.1) is 0 Å². The highest BCUT2D eigenvalue weighted by Crippen LogP contribution is 2.24. The van der Waals surface area contributed by atoms with E-state index < -0.39 is 0 Å². The van der Waals surface area contributed by atoms with Crippen LogP contribution in [0.4, 0.5) is 0 Å². The Morgan fingerprint density at radius 2 is 1.60 bits per heavy atom. The summed E-state index contributed by atoms with van der Waals surface area (Å²) in [5, 5.41) is 1.95. The van der Waals surface area contributed by atoms with Crippen LogP contribution < -0.4 is 4.74 Å². The quantitative estimate of drug-likeness (QED) is 0.437. The van der Waals surface area contributed by atoms with Crippen molar-refractivity contribution in [2.24, 2.45) is 0 Å². The minimum absolute atomic E-state index is 0.581. The molecular weight excluding hydrogens is 330 g/mol. The second kappa shape index (κ2) is 7.04. The van der Waals surface area contributed by atoms with Gasteiger partial charge in [0.25, 0.3) is 0 Å². The fourth-order valence-electron chi connectivity index (χ4n) is 2.93. The van der Waals surface area contributed by atoms with E-state index in [0.717, 1.165) is 17.3 Å². The van der Waals surface area contributed by atoms with E-state index in [1.807, 2.05) is 36.4 Å². The van der Waals surface area contributed by atoms with Gasteiger partial charge < -0.3 is 9.30 Å². The van der Waals surface area contributed by atoms with Gasteiger partial charge in [0.1, 0.15) is 12.4 Å². The zero-order chi connectivity index (χ0) is 17.1. The molecule has 0 aliphatic carbocycles. The van der Waals surface area contributed by atoms with Gasteiger partial charge >= 0.3 is 0 Å². The third kappa shape index (κ3) is 3.70. The molecule has 0 radical (unpaired) electrons. The highest BCUT2D eigenvalue weighted by atomic mass is 35.5. The summed E-state index contributed by atoms with van der Waals surface area (Å²) in [6.07, 6.45) is 2.11. The molecule has 1 aromatic heterocycles. The Labute approximate surface area is 152 Å². The van der Waals surface area contributed by atoms with Crippen molar-refractivity contribution < 1.29 is 4.74 Å². The van der Waals surface area contributed by atoms with Crippen LogP contribution in [0.25, 0.3) is 10.9 Å². The van der Waals surface area contributed by atoms with Crippen molar-refractivity contribution in [2.45, 2.75) is 13.2 Å². The summed E-state index contributed by atoms with van der Waals surface area (Å²) in [5.41, 5.74) is 3.59. The average Bonchev–Trinajstić information content (AvgIpc) is 3.05. The number of hydrogen-bond donors (Lipinski definition) is 0. The first kappa shape index (κ1) is 15.8. The van der Waals surface area contributed by atoms with Gasteiger partial charge in [-0.3, -0.25) is 0 Å². The molecule has 4 aromatic rings. The van der Waals surface area contributed by atoms with Crippen LogP contribution in [0.5, 0.6) is 5.75 Å². The van der Waals surface area contributed by atoms with Crippen molar-refractivity contribution in [3.63, 3.8) is 0 Å². The number of hydrogen-bond acceptors (Lipinski definition) is 1. The van der Waals surface area contributed by atoms with Gasteiger partial charge in [0.05, 0.1) is 0 Å². The lowest BCUT2D eigenvalue weighted by Gasteiger charge is -2.08. The van der Waals surface area contributed by atoms with E-state index in [9.17, 15) is 0 Å². The summed E-state index contributed by atoms with van der Waals surface area (Å²) in [6, 6.07) is 26.6. The molecule has 0 aliphatic rings. The minimum atomic E-state index is 0.581. The summed E-state index contributed by atoms with van der Waals surface area (Å²) >= 11 is 5.96. The zero-order valence-electron chi connectivity index (χ0n) is 13.7. The van der Waals surface area contributed by atoms with Crippen molar-refractivity contribution in [1.82, 2.24) is 4.57 Å². The van der Waals surface area contributed by atoms with Crippen LogP contribution >= 0.6 is 11.6 Å². The number of fused-ring (bicyclic) bond motifs is 1. The van der Waals surface area contributed by atoms with Crippen molar-refractivity contribution >= 4 is 22.5 Å². The molecule has 0 aliphatic heterocycles. The van der Waals surface area contributed by atoms with Gasteiger partial charge in [-0.05, 0) is 47.5 Å². The first-order valence-electron chi connectivity index (χ1n) is 8.28. The van der Waals surface area contributed by atoms with E-state index in [2.05, 4.69) is 53.2 Å². The fourth-order valence-corrected chi connectivity index (χ4v) is 3.06. The second-order valence-electron chi connectivity index (χ2n) is 6.07. The molecule has 0 fully saturated rings. The molecule has 0 amide bonds. The standard InChI is InChI=1S/C22H18ClNO/c23-20-8-6-17(7-9-20)15-24-13-12-19-14-21(10-11-22(19)24)25-16-18-4-2-1-3-5-18/h1-14H,15-16H2. The molecule has 0 bridgehead atoms. The van der Waals surface area contributed by atoms with Crippen molar-refractivity contribution in [1.29, 1.82) is 0 Å².